The molecule has 1 atom stereocenters. The largest absolute Gasteiger partial charge is 0.462 e. The number of carbonyl (C=O) groups is 3. The predicted molar refractivity (Wildman–Crippen MR) is 275 cm³/mol. The third-order valence-corrected chi connectivity index (χ3v) is 12.4. The van der Waals surface area contributed by atoms with Gasteiger partial charge in [0, 0.05) is 19.3 Å². The van der Waals surface area contributed by atoms with Gasteiger partial charge in [-0.25, -0.2) is 0 Å². The predicted octanol–water partition coefficient (Wildman–Crippen LogP) is 18.5. The summed E-state index contributed by atoms with van der Waals surface area (Å²) in [6.07, 6.45) is 62.7. The van der Waals surface area contributed by atoms with Crippen LogP contribution >= 0.6 is 0 Å². The molecule has 0 aromatic carbocycles. The van der Waals surface area contributed by atoms with E-state index in [-0.39, 0.29) is 31.1 Å². The monoisotopic (exact) mass is 899 g/mol. The lowest BCUT2D eigenvalue weighted by Gasteiger charge is -2.18. The van der Waals surface area contributed by atoms with E-state index < -0.39 is 6.10 Å². The van der Waals surface area contributed by atoms with Gasteiger partial charge in [-0.1, -0.05) is 263 Å². The van der Waals surface area contributed by atoms with Crippen LogP contribution in [-0.2, 0) is 28.6 Å². The van der Waals surface area contributed by atoms with Crippen molar-refractivity contribution in [3.63, 3.8) is 0 Å². The Bertz CT molecular complexity index is 1080. The van der Waals surface area contributed by atoms with Gasteiger partial charge < -0.3 is 14.2 Å². The first kappa shape index (κ1) is 61.6. The third-order valence-electron chi connectivity index (χ3n) is 12.4. The molecule has 0 heterocycles. The number of hydrogen-bond donors (Lipinski definition) is 0. The minimum Gasteiger partial charge on any atom is -0.462 e. The fourth-order valence-electron chi connectivity index (χ4n) is 8.22. The van der Waals surface area contributed by atoms with E-state index in [2.05, 4.69) is 57.2 Å². The molecule has 6 heteroatoms. The summed E-state index contributed by atoms with van der Waals surface area (Å²) in [5.41, 5.74) is 0. The van der Waals surface area contributed by atoms with E-state index in [4.69, 9.17) is 14.2 Å². The minimum absolute atomic E-state index is 0.0745. The second kappa shape index (κ2) is 53.2. The van der Waals surface area contributed by atoms with Gasteiger partial charge in [-0.2, -0.15) is 0 Å². The number of carbonyl (C=O) groups excluding carboxylic acids is 3. The van der Waals surface area contributed by atoms with E-state index in [1.165, 1.54) is 161 Å². The van der Waals surface area contributed by atoms with E-state index in [0.29, 0.717) is 19.3 Å². The Morgan fingerprint density at radius 3 is 0.953 bits per heavy atom. The van der Waals surface area contributed by atoms with Crippen LogP contribution in [0.4, 0.5) is 0 Å². The second-order valence-electron chi connectivity index (χ2n) is 18.8. The van der Waals surface area contributed by atoms with Gasteiger partial charge in [0.05, 0.1) is 0 Å². The van der Waals surface area contributed by atoms with E-state index in [0.717, 1.165) is 96.3 Å². The molecule has 374 valence electrons. The normalized spacial score (nSPS) is 12.2. The van der Waals surface area contributed by atoms with Gasteiger partial charge in [0.15, 0.2) is 6.10 Å². The Kier molecular flexibility index (Phi) is 51.3. The van der Waals surface area contributed by atoms with E-state index in [1.807, 2.05) is 0 Å². The second-order valence-corrected chi connectivity index (χ2v) is 18.8. The molecular formula is C58H106O6. The van der Waals surface area contributed by atoms with Crippen molar-refractivity contribution in [1.82, 2.24) is 0 Å². The van der Waals surface area contributed by atoms with Gasteiger partial charge in [-0.05, 0) is 51.4 Å². The van der Waals surface area contributed by atoms with Crippen molar-refractivity contribution < 1.29 is 28.6 Å². The summed E-state index contributed by atoms with van der Waals surface area (Å²) in [7, 11) is 0. The number of allylic oxidation sites excluding steroid dienone is 6. The Morgan fingerprint density at radius 1 is 0.328 bits per heavy atom. The van der Waals surface area contributed by atoms with Crippen LogP contribution in [0.15, 0.2) is 36.5 Å². The summed E-state index contributed by atoms with van der Waals surface area (Å²) in [4.78, 5) is 38.1. The lowest BCUT2D eigenvalue weighted by atomic mass is 10.0. The average Bonchev–Trinajstić information content (AvgIpc) is 3.29. The van der Waals surface area contributed by atoms with Gasteiger partial charge in [0.25, 0.3) is 0 Å². The first-order valence-electron chi connectivity index (χ1n) is 28.0. The molecule has 0 aliphatic carbocycles. The summed E-state index contributed by atoms with van der Waals surface area (Å²) in [5.74, 6) is -0.874. The smallest absolute Gasteiger partial charge is 0.306 e. The molecule has 0 aliphatic heterocycles. The molecule has 0 bridgehead atoms. The van der Waals surface area contributed by atoms with Gasteiger partial charge in [-0.3, -0.25) is 14.4 Å². The fraction of sp³-hybridized carbons (Fsp3) is 0.845. The van der Waals surface area contributed by atoms with Gasteiger partial charge >= 0.3 is 17.9 Å². The molecule has 0 spiro atoms. The summed E-state index contributed by atoms with van der Waals surface area (Å²) in [5, 5.41) is 0. The summed E-state index contributed by atoms with van der Waals surface area (Å²) in [6, 6.07) is 0. The van der Waals surface area contributed by atoms with Crippen LogP contribution in [0.5, 0.6) is 0 Å². The van der Waals surface area contributed by atoms with E-state index >= 15 is 0 Å². The number of hydrogen-bond acceptors (Lipinski definition) is 6. The average molecular weight is 899 g/mol. The summed E-state index contributed by atoms with van der Waals surface area (Å²) < 4.78 is 16.8. The maximum atomic E-state index is 12.8. The number of rotatable bonds is 51. The molecule has 6 nitrogen and oxygen atoms in total. The molecule has 0 radical (unpaired) electrons. The quantitative estimate of drug-likeness (QED) is 0.0262. The molecule has 0 saturated carbocycles. The summed E-state index contributed by atoms with van der Waals surface area (Å²) in [6.45, 7) is 6.55. The maximum absolute atomic E-state index is 12.8. The Labute approximate surface area is 397 Å². The van der Waals surface area contributed by atoms with Crippen LogP contribution in [0.2, 0.25) is 0 Å². The van der Waals surface area contributed by atoms with Crippen molar-refractivity contribution >= 4 is 17.9 Å². The van der Waals surface area contributed by atoms with Gasteiger partial charge in [-0.15, -0.1) is 0 Å². The van der Waals surface area contributed by atoms with Crippen LogP contribution in [0.1, 0.15) is 297 Å². The topological polar surface area (TPSA) is 78.9 Å². The number of esters is 3. The lowest BCUT2D eigenvalue weighted by Crippen LogP contribution is -2.30. The molecule has 0 saturated heterocycles. The first-order valence-corrected chi connectivity index (χ1v) is 28.0. The Balaban J connectivity index is 4.35. The van der Waals surface area contributed by atoms with Crippen molar-refractivity contribution in [3.05, 3.63) is 36.5 Å². The maximum Gasteiger partial charge on any atom is 0.306 e. The van der Waals surface area contributed by atoms with Crippen LogP contribution < -0.4 is 0 Å². The highest BCUT2D eigenvalue weighted by molar-refractivity contribution is 5.71. The SMILES string of the molecule is CC/C=C\C/C=C\C/C=C\CCCCCCCC(=O)O[C@H](COC(=O)CCCCCCCCCCCCCCCC)COC(=O)CCCCCCCCCCCCCCCCCCC. The molecule has 0 aromatic rings. The number of unbranched alkanes of at least 4 members (excludes halogenated alkanes) is 34. The minimum atomic E-state index is -0.776. The summed E-state index contributed by atoms with van der Waals surface area (Å²) >= 11 is 0. The fourth-order valence-corrected chi connectivity index (χ4v) is 8.22. The molecule has 0 N–H and O–H groups in total. The molecule has 0 aromatic heterocycles. The number of ether oxygens (including phenoxy) is 3. The molecular weight excluding hydrogens is 793 g/mol. The van der Waals surface area contributed by atoms with Gasteiger partial charge in [0.2, 0.25) is 0 Å². The molecule has 0 unspecified atom stereocenters. The van der Waals surface area contributed by atoms with Crippen LogP contribution in [0.3, 0.4) is 0 Å². The molecule has 0 fully saturated rings. The zero-order chi connectivity index (χ0) is 46.5. The highest BCUT2D eigenvalue weighted by atomic mass is 16.6. The highest BCUT2D eigenvalue weighted by Gasteiger charge is 2.19. The lowest BCUT2D eigenvalue weighted by molar-refractivity contribution is -0.167. The van der Waals surface area contributed by atoms with Crippen molar-refractivity contribution in [1.29, 1.82) is 0 Å². The van der Waals surface area contributed by atoms with Crippen molar-refractivity contribution in [2.75, 3.05) is 13.2 Å². The molecule has 0 aliphatic rings. The van der Waals surface area contributed by atoms with Crippen LogP contribution in [0, 0.1) is 0 Å². The van der Waals surface area contributed by atoms with E-state index in [9.17, 15) is 14.4 Å². The van der Waals surface area contributed by atoms with Crippen molar-refractivity contribution in [2.24, 2.45) is 0 Å². The molecule has 0 amide bonds. The van der Waals surface area contributed by atoms with E-state index in [1.54, 1.807) is 0 Å². The zero-order valence-electron chi connectivity index (χ0n) is 42.8. The van der Waals surface area contributed by atoms with Gasteiger partial charge in [0.1, 0.15) is 13.2 Å². The standard InChI is InChI=1S/C58H106O6/c1-4-7-10-13-16-19-22-25-28-29-31-33-36-39-42-45-48-51-57(60)63-54-55(53-62-56(59)50-47-44-41-38-35-32-27-24-21-18-15-12-9-6-3)64-58(61)52-49-46-43-40-37-34-30-26-23-20-17-14-11-8-5-2/h8,11,17,20,26,30,55H,4-7,9-10,12-16,18-19,21-25,27-29,31-54H2,1-3H3/b11-8-,20-17-,30-26-/t55-/m1/s1. The highest BCUT2D eigenvalue weighted by Crippen LogP contribution is 2.17. The van der Waals surface area contributed by atoms with Crippen molar-refractivity contribution in [3.8, 4) is 0 Å². The first-order chi connectivity index (χ1) is 31.5. The Hall–Kier alpha value is -2.37. The van der Waals surface area contributed by atoms with Crippen LogP contribution in [0.25, 0.3) is 0 Å². The Morgan fingerprint density at radius 2 is 0.609 bits per heavy atom. The van der Waals surface area contributed by atoms with Crippen molar-refractivity contribution in [2.45, 2.75) is 303 Å². The van der Waals surface area contributed by atoms with Crippen LogP contribution in [-0.4, -0.2) is 37.2 Å². The third kappa shape index (κ3) is 50.6. The molecule has 64 heavy (non-hydrogen) atoms. The zero-order valence-corrected chi connectivity index (χ0v) is 42.8. The molecule has 0 rings (SSSR count).